The van der Waals surface area contributed by atoms with Crippen LogP contribution in [0.5, 0.6) is 0 Å². The Morgan fingerprint density at radius 3 is 1.48 bits per heavy atom. The summed E-state index contributed by atoms with van der Waals surface area (Å²) in [7, 11) is 8.61. The van der Waals surface area contributed by atoms with Gasteiger partial charge in [-0.1, -0.05) is 102 Å². The van der Waals surface area contributed by atoms with E-state index in [0.717, 1.165) is 17.7 Å². The van der Waals surface area contributed by atoms with Crippen molar-refractivity contribution >= 4 is 65.0 Å². The summed E-state index contributed by atoms with van der Waals surface area (Å²) in [6, 6.07) is -12.6. The summed E-state index contributed by atoms with van der Waals surface area (Å²) < 4.78 is 6.10. The Labute approximate surface area is 543 Å². The number of hydrogen-bond acceptors (Lipinski definition) is 14. The highest BCUT2D eigenvalue weighted by Gasteiger charge is 2.45. The molecule has 25 nitrogen and oxygen atoms in total. The summed E-state index contributed by atoms with van der Waals surface area (Å²) in [5.41, 5.74) is 0. The standard InChI is InChI=1S/C66H116N12O13/c1-23-25-26-41(13)56(80)53-59(83)69-47(24-2)63(87)72(17)35-51(79)76(21)55(42(14)32-78-33-45-27-28-46(34-78)91-45)61(85)70-52(39(9)10)66(90)73(18)48(29-36(3)4)58(82)67-43(15)57(81)68-44(16)62(86)74(19)49(30-37(5)6)64(88)75(20)50(31-38(7)8)65(89)77(22)54(40(11)12)60(84)71-53/h23,25,36-50,52-56,80H,24,26-35H2,1-22H3,(H,67,82)(H,68,81)(H,69,83)(H,70,85)(H,71,84)/b25-23+/t41-,42-,43+,44-,45?,46?,47+,48+,49+,50+,52+,53+,54+,55+,56-/m1/s1. The number of carbonyl (C=O) groups is 11. The molecule has 91 heavy (non-hydrogen) atoms. The number of amides is 11. The minimum Gasteiger partial charge on any atom is -0.390 e. The predicted molar refractivity (Wildman–Crippen MR) is 348 cm³/mol. The van der Waals surface area contributed by atoms with Crippen LogP contribution in [-0.4, -0.2) is 252 Å². The van der Waals surface area contributed by atoms with Gasteiger partial charge in [0.2, 0.25) is 65.0 Å². The van der Waals surface area contributed by atoms with Crippen molar-refractivity contribution in [1.82, 2.24) is 60.9 Å². The number of likely N-dealkylation sites (N-methyl/N-ethyl adjacent to an activating group) is 6. The normalized spacial score (nSPS) is 29.4. The summed E-state index contributed by atoms with van der Waals surface area (Å²) in [5, 5.41) is 25.8. The Kier molecular flexibility index (Phi) is 31.0. The van der Waals surface area contributed by atoms with E-state index >= 15 is 9.59 Å². The third kappa shape index (κ3) is 21.7. The quantitative estimate of drug-likeness (QED) is 0.121. The van der Waals surface area contributed by atoms with Crippen LogP contribution in [0.2, 0.25) is 0 Å². The molecule has 0 saturated carbocycles. The van der Waals surface area contributed by atoms with E-state index < -0.39 is 162 Å². The van der Waals surface area contributed by atoms with E-state index in [1.807, 2.05) is 48.5 Å². The minimum absolute atomic E-state index is 0.0105. The van der Waals surface area contributed by atoms with Crippen molar-refractivity contribution in [1.29, 1.82) is 0 Å². The molecule has 3 rings (SSSR count). The molecule has 6 N–H and O–H groups in total. The largest absolute Gasteiger partial charge is 0.390 e. The highest BCUT2D eigenvalue weighted by atomic mass is 16.5. The molecule has 0 radical (unpaired) electrons. The number of allylic oxidation sites excluding steroid dienone is 2. The molecular weight excluding hydrogens is 1170 g/mol. The van der Waals surface area contributed by atoms with Gasteiger partial charge in [-0.15, -0.1) is 0 Å². The maximum atomic E-state index is 15.1. The molecule has 0 aromatic carbocycles. The van der Waals surface area contributed by atoms with Crippen LogP contribution in [0.15, 0.2) is 12.2 Å². The van der Waals surface area contributed by atoms with Crippen LogP contribution in [0.25, 0.3) is 0 Å². The van der Waals surface area contributed by atoms with E-state index in [4.69, 9.17) is 4.74 Å². The van der Waals surface area contributed by atoms with Crippen LogP contribution >= 0.6 is 0 Å². The van der Waals surface area contributed by atoms with Gasteiger partial charge in [0.15, 0.2) is 0 Å². The van der Waals surface area contributed by atoms with Gasteiger partial charge < -0.3 is 65.8 Å². The van der Waals surface area contributed by atoms with Crippen LogP contribution in [0.4, 0.5) is 0 Å². The van der Waals surface area contributed by atoms with Crippen LogP contribution in [0, 0.1) is 41.4 Å². The number of aliphatic hydroxyl groups is 1. The van der Waals surface area contributed by atoms with Gasteiger partial charge in [0.05, 0.1) is 24.9 Å². The lowest BCUT2D eigenvalue weighted by Crippen LogP contribution is -2.63. The number of rotatable bonds is 16. The molecule has 3 fully saturated rings. The SMILES string of the molecule is C/C=C/C[C@@H](C)[C@@H](O)[C@@H]1NC(=O)[C@H](C(C)C)N(C)C(=O)[C@H](CC(C)C)N(C)C(=O)[C@H](CC(C)C)N(C)C(=O)[C@@H](C)NC(=O)[C@H](C)NC(=O)[C@H](CC(C)C)N(C)C(=O)[C@H](C(C)C)NC(=O)[C@H]([C@H](C)CN2CC3CCC(C2)O3)N(C)C(=O)CN(C)C(=O)[C@H](CC)NC1=O. The summed E-state index contributed by atoms with van der Waals surface area (Å²) in [6.07, 6.45) is 4.64. The van der Waals surface area contributed by atoms with Crippen LogP contribution in [0.3, 0.4) is 0 Å². The first kappa shape index (κ1) is 79.0. The number of nitrogens with one attached hydrogen (secondary N) is 5. The van der Waals surface area contributed by atoms with Crippen molar-refractivity contribution in [3.8, 4) is 0 Å². The lowest BCUT2D eigenvalue weighted by atomic mass is 9.92. The predicted octanol–water partition coefficient (Wildman–Crippen LogP) is 2.38. The van der Waals surface area contributed by atoms with Gasteiger partial charge in [-0.25, -0.2) is 0 Å². The van der Waals surface area contributed by atoms with Gasteiger partial charge in [0, 0.05) is 61.9 Å². The Morgan fingerprint density at radius 2 is 0.989 bits per heavy atom. The number of nitrogens with zero attached hydrogens (tertiary/aromatic N) is 7. The summed E-state index contributed by atoms with van der Waals surface area (Å²) in [5.74, 6) is -10.4. The number of fused-ring (bicyclic) bond motifs is 2. The highest BCUT2D eigenvalue weighted by Crippen LogP contribution is 2.29. The van der Waals surface area contributed by atoms with Crippen LogP contribution in [0.1, 0.15) is 156 Å². The molecule has 25 heteroatoms. The summed E-state index contributed by atoms with van der Waals surface area (Å²) >= 11 is 0. The van der Waals surface area contributed by atoms with Gasteiger partial charge in [-0.05, 0) is 107 Å². The molecule has 0 aromatic rings. The van der Waals surface area contributed by atoms with E-state index in [1.165, 1.54) is 80.6 Å². The number of morpholine rings is 1. The zero-order chi connectivity index (χ0) is 69.4. The number of carbonyl (C=O) groups excluding carboxylic acids is 11. The summed E-state index contributed by atoms with van der Waals surface area (Å²) in [6.45, 7) is 29.0. The second-order valence-corrected chi connectivity index (χ2v) is 28.1. The zero-order valence-corrected chi connectivity index (χ0v) is 59.0. The number of aliphatic hydroxyl groups excluding tert-OH is 1. The molecule has 3 aliphatic heterocycles. The second kappa shape index (κ2) is 35.7. The number of ether oxygens (including phenoxy) is 1. The number of hydrogen-bond donors (Lipinski definition) is 6. The van der Waals surface area contributed by atoms with Gasteiger partial charge >= 0.3 is 0 Å². The van der Waals surface area contributed by atoms with Crippen molar-refractivity contribution in [3.63, 3.8) is 0 Å². The topological polar surface area (TPSA) is 300 Å². The Bertz CT molecular complexity index is 2530. The van der Waals surface area contributed by atoms with E-state index in [0.29, 0.717) is 26.1 Å². The molecule has 3 saturated heterocycles. The molecule has 3 heterocycles. The molecule has 0 aromatic heterocycles. The van der Waals surface area contributed by atoms with Crippen molar-refractivity contribution < 1.29 is 62.6 Å². The molecule has 2 unspecified atom stereocenters. The molecule has 11 amide bonds. The maximum Gasteiger partial charge on any atom is 0.245 e. The third-order valence-electron chi connectivity index (χ3n) is 18.1. The molecule has 3 aliphatic rings. The first-order chi connectivity index (χ1) is 42.3. The first-order valence-electron chi connectivity index (χ1n) is 33.1. The van der Waals surface area contributed by atoms with Gasteiger partial charge in [-0.2, -0.15) is 0 Å². The van der Waals surface area contributed by atoms with E-state index in [1.54, 1.807) is 60.6 Å². The Hall–Kier alpha value is -6.21. The fourth-order valence-electron chi connectivity index (χ4n) is 12.6. The lowest BCUT2D eigenvalue weighted by molar-refractivity contribution is -0.154. The maximum absolute atomic E-state index is 15.1. The van der Waals surface area contributed by atoms with Crippen LogP contribution < -0.4 is 26.6 Å². The van der Waals surface area contributed by atoms with Gasteiger partial charge in [0.1, 0.15) is 60.4 Å². The fourth-order valence-corrected chi connectivity index (χ4v) is 12.6. The van der Waals surface area contributed by atoms with Crippen molar-refractivity contribution in [2.24, 2.45) is 41.4 Å². The highest BCUT2D eigenvalue weighted by molar-refractivity contribution is 5.99. The van der Waals surface area contributed by atoms with E-state index in [9.17, 15) is 48.3 Å². The second-order valence-electron chi connectivity index (χ2n) is 28.1. The first-order valence-corrected chi connectivity index (χ1v) is 33.1. The minimum atomic E-state index is -1.67. The molecular formula is C66H116N12O13. The molecule has 0 aliphatic carbocycles. The zero-order valence-electron chi connectivity index (χ0n) is 59.0. The third-order valence-corrected chi connectivity index (χ3v) is 18.1. The smallest absolute Gasteiger partial charge is 0.245 e. The molecule has 2 bridgehead atoms. The Balaban J connectivity index is 2.29. The molecule has 15 atom stereocenters. The fraction of sp³-hybridized carbons (Fsp3) is 0.803. The van der Waals surface area contributed by atoms with E-state index in [2.05, 4.69) is 31.5 Å². The average Bonchev–Trinajstić information content (AvgIpc) is 0.983. The van der Waals surface area contributed by atoms with E-state index in [-0.39, 0.29) is 55.6 Å². The van der Waals surface area contributed by atoms with Gasteiger partial charge in [0.25, 0.3) is 0 Å². The average molecular weight is 1290 g/mol. The molecule has 518 valence electrons. The Morgan fingerprint density at radius 1 is 0.516 bits per heavy atom. The van der Waals surface area contributed by atoms with Gasteiger partial charge in [-0.3, -0.25) is 57.6 Å². The summed E-state index contributed by atoms with van der Waals surface area (Å²) in [4.78, 5) is 171. The van der Waals surface area contributed by atoms with Crippen LogP contribution in [-0.2, 0) is 57.5 Å². The lowest BCUT2D eigenvalue weighted by Gasteiger charge is -2.40. The number of likely N-dealkylation sites (tertiary alicyclic amines) is 1. The van der Waals surface area contributed by atoms with Crippen molar-refractivity contribution in [2.75, 3.05) is 68.5 Å². The molecule has 0 spiro atoms. The van der Waals surface area contributed by atoms with Crippen molar-refractivity contribution in [2.45, 2.75) is 234 Å². The van der Waals surface area contributed by atoms with Crippen molar-refractivity contribution in [3.05, 3.63) is 12.2 Å². The monoisotopic (exact) mass is 1280 g/mol.